The van der Waals surface area contributed by atoms with Crippen molar-refractivity contribution >= 4 is 41.1 Å². The second-order valence-corrected chi connectivity index (χ2v) is 9.61. The molecule has 10 nitrogen and oxygen atoms in total. The molecule has 3 N–H and O–H groups in total. The van der Waals surface area contributed by atoms with E-state index in [1.54, 1.807) is 5.32 Å². The maximum absolute atomic E-state index is 13.7. The van der Waals surface area contributed by atoms with Crippen LogP contribution < -0.4 is 16.1 Å². The van der Waals surface area contributed by atoms with Crippen LogP contribution in [-0.4, -0.2) is 83.0 Å². The van der Waals surface area contributed by atoms with Crippen LogP contribution >= 0.6 is 11.6 Å². The first-order valence-corrected chi connectivity index (χ1v) is 12.1. The number of hydrogen-bond donors (Lipinski definition) is 3. The molecular formula is C21H28ClF4N5O5. The maximum atomic E-state index is 13.7. The fraction of sp³-hybridized carbons (Fsp3) is 0.762. The molecule has 2 heterocycles. The van der Waals surface area contributed by atoms with Crippen LogP contribution in [0.1, 0.15) is 39.0 Å². The molecule has 1 saturated carbocycles. The lowest BCUT2D eigenvalue weighted by Crippen LogP contribution is -2.59. The number of hydrogen-bond acceptors (Lipinski definition) is 5. The Kier molecular flexibility index (Phi) is 8.67. The third-order valence-corrected chi connectivity index (χ3v) is 7.16. The van der Waals surface area contributed by atoms with Crippen molar-refractivity contribution in [3.63, 3.8) is 0 Å². The van der Waals surface area contributed by atoms with E-state index in [9.17, 15) is 41.5 Å². The molecule has 36 heavy (non-hydrogen) atoms. The van der Waals surface area contributed by atoms with Gasteiger partial charge in [0.1, 0.15) is 12.1 Å². The van der Waals surface area contributed by atoms with Gasteiger partial charge in [-0.2, -0.15) is 13.2 Å². The lowest BCUT2D eigenvalue weighted by Gasteiger charge is -2.33. The lowest BCUT2D eigenvalue weighted by atomic mass is 9.93. The highest BCUT2D eigenvalue weighted by molar-refractivity contribution is 6.29. The largest absolute Gasteiger partial charge is 0.471 e. The Morgan fingerprint density at radius 2 is 1.92 bits per heavy atom. The molecule has 3 rings (SSSR count). The molecule has 15 heteroatoms. The summed E-state index contributed by atoms with van der Waals surface area (Å²) in [5.41, 5.74) is -0.216. The van der Waals surface area contributed by atoms with Gasteiger partial charge in [0.2, 0.25) is 11.8 Å². The Morgan fingerprint density at radius 3 is 2.47 bits per heavy atom. The Morgan fingerprint density at radius 1 is 1.22 bits per heavy atom. The number of nitrogens with zero attached hydrogens (tertiary/aromatic N) is 2. The van der Waals surface area contributed by atoms with E-state index in [1.165, 1.54) is 6.92 Å². The summed E-state index contributed by atoms with van der Waals surface area (Å²) < 4.78 is 51.9. The molecule has 0 aromatic heterocycles. The molecule has 1 aliphatic carbocycles. The lowest BCUT2D eigenvalue weighted by molar-refractivity contribution is -0.175. The van der Waals surface area contributed by atoms with E-state index in [1.807, 2.05) is 0 Å². The van der Waals surface area contributed by atoms with Crippen LogP contribution in [0.15, 0.2) is 0 Å². The van der Waals surface area contributed by atoms with Crippen molar-refractivity contribution in [3.8, 4) is 0 Å². The first-order chi connectivity index (χ1) is 16.8. The summed E-state index contributed by atoms with van der Waals surface area (Å²) in [6, 6.07) is -2.69. The van der Waals surface area contributed by atoms with E-state index in [0.29, 0.717) is 30.8 Å². The number of likely N-dealkylation sites (tertiary alicyclic amines) is 1. The predicted molar refractivity (Wildman–Crippen MR) is 116 cm³/mol. The molecule has 2 saturated heterocycles. The standard InChI is InChI=1S/C21H28ClF4N5O5/c1-2-13(28-20(36)21(24,25)26)18(34)30-8-10-4-3-5-12(10)14(30)17(33)29-31(19(35)15(22)23)9-11-6-7-27-16(11)32/h10-15H,2-9H2,1H3,(H,27,32)(H,28,36)(H,29,33)/t10-,11-,12-,13-,14-,15-/m0/s1. The molecule has 6 atom stereocenters. The first-order valence-electron chi connectivity index (χ1n) is 11.7. The smallest absolute Gasteiger partial charge is 0.356 e. The van der Waals surface area contributed by atoms with Crippen molar-refractivity contribution in [2.75, 3.05) is 19.6 Å². The van der Waals surface area contributed by atoms with Crippen molar-refractivity contribution in [2.45, 2.75) is 62.9 Å². The summed E-state index contributed by atoms with van der Waals surface area (Å²) in [6.07, 6.45) is -3.00. The van der Waals surface area contributed by atoms with Gasteiger partial charge >= 0.3 is 12.1 Å². The molecule has 5 amide bonds. The van der Waals surface area contributed by atoms with Crippen molar-refractivity contribution < 1.29 is 41.5 Å². The highest BCUT2D eigenvalue weighted by Gasteiger charge is 2.51. The van der Waals surface area contributed by atoms with Crippen molar-refractivity contribution in [2.24, 2.45) is 17.8 Å². The number of carbonyl (C=O) groups excluding carboxylic acids is 5. The van der Waals surface area contributed by atoms with E-state index >= 15 is 0 Å². The van der Waals surface area contributed by atoms with Crippen molar-refractivity contribution in [1.29, 1.82) is 0 Å². The van der Waals surface area contributed by atoms with Gasteiger partial charge in [-0.25, -0.2) is 9.40 Å². The zero-order chi connectivity index (χ0) is 26.8. The Hall–Kier alpha value is -2.64. The second-order valence-electron chi connectivity index (χ2n) is 9.22. The Balaban J connectivity index is 1.80. The number of nitrogens with one attached hydrogen (secondary N) is 3. The number of halogens is 5. The van der Waals surface area contributed by atoms with Crippen LogP contribution in [0.5, 0.6) is 0 Å². The maximum Gasteiger partial charge on any atom is 0.471 e. The Bertz CT molecular complexity index is 904. The van der Waals surface area contributed by atoms with E-state index in [2.05, 4.69) is 10.7 Å². The minimum absolute atomic E-state index is 0.0835. The average Bonchev–Trinajstić information content (AvgIpc) is 3.51. The summed E-state index contributed by atoms with van der Waals surface area (Å²) in [5.74, 6) is -6.82. The number of hydrazine groups is 1. The van der Waals surface area contributed by atoms with Crippen LogP contribution in [0.3, 0.4) is 0 Å². The topological polar surface area (TPSA) is 128 Å². The first kappa shape index (κ1) is 27.9. The van der Waals surface area contributed by atoms with Gasteiger partial charge in [-0.3, -0.25) is 29.4 Å². The SMILES string of the molecule is CC[C@H](NC(=O)C(F)(F)F)C(=O)N1C[C@@H]2CCC[C@@H]2[C@H]1C(=O)NN(C[C@@H]1CCNC1=O)C(=O)[C@H](F)Cl. The molecule has 2 aliphatic heterocycles. The molecule has 0 bridgehead atoms. The molecular weight excluding hydrogens is 514 g/mol. The van der Waals surface area contributed by atoms with Gasteiger partial charge in [0, 0.05) is 13.1 Å². The highest BCUT2D eigenvalue weighted by Crippen LogP contribution is 2.42. The summed E-state index contributed by atoms with van der Waals surface area (Å²) >= 11 is 5.30. The van der Waals surface area contributed by atoms with E-state index in [-0.39, 0.29) is 37.3 Å². The van der Waals surface area contributed by atoms with E-state index in [0.717, 1.165) is 11.3 Å². The molecule has 0 aromatic rings. The Labute approximate surface area is 209 Å². The number of amides is 5. The van der Waals surface area contributed by atoms with Crippen LogP contribution in [-0.2, 0) is 24.0 Å². The number of carbonyl (C=O) groups is 5. The predicted octanol–water partition coefficient (Wildman–Crippen LogP) is 0.601. The van der Waals surface area contributed by atoms with Gasteiger partial charge in [0.05, 0.1) is 12.5 Å². The highest BCUT2D eigenvalue weighted by atomic mass is 35.5. The third kappa shape index (κ3) is 6.01. The minimum atomic E-state index is -5.19. The van der Waals surface area contributed by atoms with Gasteiger partial charge in [0.25, 0.3) is 17.4 Å². The van der Waals surface area contributed by atoms with Crippen LogP contribution in [0.4, 0.5) is 17.6 Å². The van der Waals surface area contributed by atoms with Gasteiger partial charge in [0.15, 0.2) is 0 Å². The molecule has 0 spiro atoms. The molecule has 0 aromatic carbocycles. The van der Waals surface area contributed by atoms with Gasteiger partial charge in [-0.05, 0) is 37.5 Å². The fourth-order valence-electron chi connectivity index (χ4n) is 5.19. The monoisotopic (exact) mass is 541 g/mol. The molecule has 202 valence electrons. The van der Waals surface area contributed by atoms with Gasteiger partial charge in [-0.15, -0.1) is 0 Å². The summed E-state index contributed by atoms with van der Waals surface area (Å²) in [7, 11) is 0. The zero-order valence-corrected chi connectivity index (χ0v) is 20.2. The van der Waals surface area contributed by atoms with Gasteiger partial charge < -0.3 is 15.5 Å². The third-order valence-electron chi connectivity index (χ3n) is 6.97. The quantitative estimate of drug-likeness (QED) is 0.247. The zero-order valence-electron chi connectivity index (χ0n) is 19.4. The minimum Gasteiger partial charge on any atom is -0.356 e. The van der Waals surface area contributed by atoms with Crippen LogP contribution in [0.2, 0.25) is 0 Å². The summed E-state index contributed by atoms with van der Waals surface area (Å²) in [4.78, 5) is 63.4. The average molecular weight is 542 g/mol. The fourth-order valence-corrected chi connectivity index (χ4v) is 5.31. The molecule has 3 fully saturated rings. The molecule has 0 unspecified atom stereocenters. The number of fused-ring (bicyclic) bond motifs is 1. The van der Waals surface area contributed by atoms with E-state index < -0.39 is 53.4 Å². The number of rotatable bonds is 7. The number of alkyl halides is 5. The second kappa shape index (κ2) is 11.2. The summed E-state index contributed by atoms with van der Waals surface area (Å²) in [5, 5.41) is 4.85. The van der Waals surface area contributed by atoms with E-state index in [4.69, 9.17) is 11.6 Å². The van der Waals surface area contributed by atoms with Crippen molar-refractivity contribution in [1.82, 2.24) is 26.0 Å². The molecule has 0 radical (unpaired) electrons. The van der Waals surface area contributed by atoms with Crippen LogP contribution in [0, 0.1) is 17.8 Å². The van der Waals surface area contributed by atoms with Crippen LogP contribution in [0.25, 0.3) is 0 Å². The normalized spacial score (nSPS) is 27.2. The van der Waals surface area contributed by atoms with Crippen molar-refractivity contribution in [3.05, 3.63) is 0 Å². The van der Waals surface area contributed by atoms with Gasteiger partial charge in [-0.1, -0.05) is 24.9 Å². The molecule has 3 aliphatic rings. The summed E-state index contributed by atoms with van der Waals surface area (Å²) in [6.45, 7) is 1.49.